The number of nitro groups is 1. The molecule has 2 amide bonds. The molecule has 0 saturated heterocycles. The van der Waals surface area contributed by atoms with Crippen LogP contribution in [0.25, 0.3) is 0 Å². The molecule has 4 aromatic carbocycles. The maximum atomic E-state index is 13.4. The van der Waals surface area contributed by atoms with Crippen LogP contribution in [0.3, 0.4) is 0 Å². The van der Waals surface area contributed by atoms with Crippen molar-refractivity contribution in [3.8, 4) is 0 Å². The van der Waals surface area contributed by atoms with E-state index in [9.17, 15) is 19.7 Å². The fraction of sp³-hybridized carbons (Fsp3) is 0.0370. The topological polar surface area (TPSA) is 101 Å². The van der Waals surface area contributed by atoms with Gasteiger partial charge in [0.15, 0.2) is 0 Å². The van der Waals surface area contributed by atoms with Gasteiger partial charge in [-0.05, 0) is 48.0 Å². The van der Waals surface area contributed by atoms with Crippen LogP contribution in [0.2, 0.25) is 10.0 Å². The van der Waals surface area contributed by atoms with Crippen LogP contribution in [0.4, 0.5) is 17.1 Å². The zero-order valence-electron chi connectivity index (χ0n) is 19.1. The third-order valence-corrected chi connectivity index (χ3v) is 7.30. The van der Waals surface area contributed by atoms with Gasteiger partial charge in [0, 0.05) is 28.3 Å². The normalized spacial score (nSPS) is 11.4. The first kappa shape index (κ1) is 26.2. The summed E-state index contributed by atoms with van der Waals surface area (Å²) >= 11 is 13.7. The number of hydrogen-bond acceptors (Lipinski definition) is 5. The molecule has 7 nitrogen and oxygen atoms in total. The maximum absolute atomic E-state index is 13.4. The Kier molecular flexibility index (Phi) is 8.45. The Morgan fingerprint density at radius 2 is 1.54 bits per heavy atom. The molecule has 0 bridgehead atoms. The molecule has 37 heavy (non-hydrogen) atoms. The molecule has 10 heteroatoms. The van der Waals surface area contributed by atoms with Crippen LogP contribution in [0, 0.1) is 10.1 Å². The van der Waals surface area contributed by atoms with Crippen LogP contribution in [-0.2, 0) is 4.79 Å². The van der Waals surface area contributed by atoms with Gasteiger partial charge in [0.05, 0.1) is 20.7 Å². The summed E-state index contributed by atoms with van der Waals surface area (Å²) in [5.74, 6) is -0.703. The number of thioether (sulfide) groups is 1. The van der Waals surface area contributed by atoms with E-state index in [1.165, 1.54) is 36.0 Å². The van der Waals surface area contributed by atoms with Gasteiger partial charge < -0.3 is 10.6 Å². The number of nitrogens with one attached hydrogen (secondary N) is 2. The standard InChI is InChI=1S/C27H19Cl2N3O4S/c28-22-10-5-11-23(24(22)29)31-27(34)25(17-6-2-1-3-7-17)37-21-9-4-8-19(16-21)30-26(33)18-12-14-20(15-13-18)32(35)36/h1-16,25H,(H,30,33)(H,31,34). The Bertz CT molecular complexity index is 1450. The lowest BCUT2D eigenvalue weighted by Crippen LogP contribution is -2.19. The minimum Gasteiger partial charge on any atom is -0.323 e. The van der Waals surface area contributed by atoms with Gasteiger partial charge in [-0.15, -0.1) is 11.8 Å². The molecule has 0 radical (unpaired) electrons. The molecule has 0 aromatic heterocycles. The van der Waals surface area contributed by atoms with Crippen LogP contribution in [0.15, 0.2) is 102 Å². The number of nitrogens with zero attached hydrogens (tertiary/aromatic N) is 1. The van der Waals surface area contributed by atoms with Crippen LogP contribution in [-0.4, -0.2) is 16.7 Å². The quantitative estimate of drug-likeness (QED) is 0.133. The van der Waals surface area contributed by atoms with Crippen molar-refractivity contribution < 1.29 is 14.5 Å². The number of anilines is 2. The molecule has 1 unspecified atom stereocenters. The number of carbonyl (C=O) groups is 2. The van der Waals surface area contributed by atoms with Crippen molar-refractivity contribution in [1.29, 1.82) is 0 Å². The number of carbonyl (C=O) groups excluding carboxylic acids is 2. The maximum Gasteiger partial charge on any atom is 0.269 e. The van der Waals surface area contributed by atoms with Crippen molar-refractivity contribution in [2.45, 2.75) is 10.1 Å². The van der Waals surface area contributed by atoms with Gasteiger partial charge in [0.25, 0.3) is 11.6 Å². The second kappa shape index (κ2) is 11.9. The minimum atomic E-state index is -0.628. The number of nitro benzene ring substituents is 1. The van der Waals surface area contributed by atoms with Crippen molar-refractivity contribution in [1.82, 2.24) is 0 Å². The summed E-state index contributed by atoms with van der Waals surface area (Å²) in [5.41, 5.74) is 1.88. The smallest absolute Gasteiger partial charge is 0.269 e. The predicted molar refractivity (Wildman–Crippen MR) is 148 cm³/mol. The zero-order chi connectivity index (χ0) is 26.4. The lowest BCUT2D eigenvalue weighted by molar-refractivity contribution is -0.384. The Balaban J connectivity index is 1.54. The third-order valence-electron chi connectivity index (χ3n) is 5.24. The number of non-ortho nitro benzene ring substituents is 1. The molecular formula is C27H19Cl2N3O4S. The summed E-state index contributed by atoms with van der Waals surface area (Å²) in [4.78, 5) is 37.1. The van der Waals surface area contributed by atoms with Gasteiger partial charge in [-0.25, -0.2) is 0 Å². The van der Waals surface area contributed by atoms with E-state index in [0.29, 0.717) is 16.4 Å². The molecule has 0 spiro atoms. The molecule has 0 saturated carbocycles. The lowest BCUT2D eigenvalue weighted by Gasteiger charge is -2.18. The Morgan fingerprint density at radius 3 is 2.24 bits per heavy atom. The summed E-state index contributed by atoms with van der Waals surface area (Å²) in [6.07, 6.45) is 0. The number of rotatable bonds is 8. The highest BCUT2D eigenvalue weighted by Gasteiger charge is 2.23. The minimum absolute atomic E-state index is 0.0979. The van der Waals surface area contributed by atoms with Crippen LogP contribution in [0.1, 0.15) is 21.2 Å². The van der Waals surface area contributed by atoms with Crippen molar-refractivity contribution in [3.63, 3.8) is 0 Å². The molecule has 1 atom stereocenters. The monoisotopic (exact) mass is 551 g/mol. The first-order valence-electron chi connectivity index (χ1n) is 10.9. The van der Waals surface area contributed by atoms with Crippen molar-refractivity contribution in [2.75, 3.05) is 10.6 Å². The van der Waals surface area contributed by atoms with Crippen LogP contribution < -0.4 is 10.6 Å². The lowest BCUT2D eigenvalue weighted by atomic mass is 10.1. The van der Waals surface area contributed by atoms with Crippen molar-refractivity contribution >= 4 is 63.8 Å². The summed E-state index contributed by atoms with van der Waals surface area (Å²) in [7, 11) is 0. The molecular weight excluding hydrogens is 533 g/mol. The molecule has 4 aromatic rings. The highest BCUT2D eigenvalue weighted by Crippen LogP contribution is 2.38. The Labute approximate surface area is 227 Å². The van der Waals surface area contributed by atoms with Gasteiger partial charge in [-0.3, -0.25) is 19.7 Å². The van der Waals surface area contributed by atoms with E-state index in [2.05, 4.69) is 10.6 Å². The fourth-order valence-electron chi connectivity index (χ4n) is 3.42. The second-order valence-corrected chi connectivity index (χ2v) is 9.75. The number of amides is 2. The zero-order valence-corrected chi connectivity index (χ0v) is 21.4. The molecule has 4 rings (SSSR count). The van der Waals surface area contributed by atoms with E-state index in [-0.39, 0.29) is 22.2 Å². The third kappa shape index (κ3) is 6.68. The molecule has 0 heterocycles. The van der Waals surface area contributed by atoms with Crippen molar-refractivity contribution in [3.05, 3.63) is 128 Å². The first-order valence-corrected chi connectivity index (χ1v) is 12.6. The van der Waals surface area contributed by atoms with Crippen LogP contribution in [0.5, 0.6) is 0 Å². The summed E-state index contributed by atoms with van der Waals surface area (Å²) in [6.45, 7) is 0. The largest absolute Gasteiger partial charge is 0.323 e. The first-order chi connectivity index (χ1) is 17.8. The number of halogens is 2. The predicted octanol–water partition coefficient (Wildman–Crippen LogP) is 7.63. The summed E-state index contributed by atoms with van der Waals surface area (Å²) in [5, 5.41) is 16.5. The van der Waals surface area contributed by atoms with Gasteiger partial charge in [-0.2, -0.15) is 0 Å². The van der Waals surface area contributed by atoms with Gasteiger partial charge in [0.1, 0.15) is 5.25 Å². The number of benzene rings is 4. The van der Waals surface area contributed by atoms with Gasteiger partial charge in [0.2, 0.25) is 5.91 Å². The van der Waals surface area contributed by atoms with Gasteiger partial charge in [-0.1, -0.05) is 65.7 Å². The van der Waals surface area contributed by atoms with E-state index in [4.69, 9.17) is 23.2 Å². The van der Waals surface area contributed by atoms with E-state index in [1.807, 2.05) is 36.4 Å². The van der Waals surface area contributed by atoms with Gasteiger partial charge >= 0.3 is 0 Å². The molecule has 0 aliphatic heterocycles. The molecule has 0 aliphatic rings. The fourth-order valence-corrected chi connectivity index (χ4v) is 4.85. The van der Waals surface area contributed by atoms with Crippen molar-refractivity contribution in [2.24, 2.45) is 0 Å². The highest BCUT2D eigenvalue weighted by molar-refractivity contribution is 8.00. The average Bonchev–Trinajstić information content (AvgIpc) is 2.90. The average molecular weight is 552 g/mol. The van der Waals surface area contributed by atoms with E-state index >= 15 is 0 Å². The second-order valence-electron chi connectivity index (χ2n) is 7.79. The summed E-state index contributed by atoms with van der Waals surface area (Å²) < 4.78 is 0. The van der Waals surface area contributed by atoms with E-state index < -0.39 is 16.1 Å². The van der Waals surface area contributed by atoms with Crippen LogP contribution >= 0.6 is 35.0 Å². The molecule has 0 aliphatic carbocycles. The number of hydrogen-bond donors (Lipinski definition) is 2. The molecule has 0 fully saturated rings. The SMILES string of the molecule is O=C(Nc1cccc(SC(C(=O)Nc2cccc(Cl)c2Cl)c2ccccc2)c1)c1ccc([N+](=O)[O-])cc1. The van der Waals surface area contributed by atoms with E-state index in [1.54, 1.807) is 36.4 Å². The Morgan fingerprint density at radius 1 is 0.838 bits per heavy atom. The molecule has 186 valence electrons. The highest BCUT2D eigenvalue weighted by atomic mass is 35.5. The summed E-state index contributed by atoms with van der Waals surface area (Å²) in [6, 6.07) is 26.7. The van der Waals surface area contributed by atoms with E-state index in [0.717, 1.165) is 10.5 Å². The Hall–Kier alpha value is -3.85. The molecule has 2 N–H and O–H groups in total.